The molecule has 23 heavy (non-hydrogen) atoms. The van der Waals surface area contributed by atoms with Crippen LogP contribution < -0.4 is 5.32 Å². The van der Waals surface area contributed by atoms with Crippen molar-refractivity contribution in [3.05, 3.63) is 29.4 Å². The first-order chi connectivity index (χ1) is 11.2. The largest absolute Gasteiger partial charge is 0.379 e. The number of benzene rings is 1. The third kappa shape index (κ3) is 4.22. The number of aryl methyl sites for hydroxylation is 1. The van der Waals surface area contributed by atoms with Gasteiger partial charge in [0.1, 0.15) is 0 Å². The van der Waals surface area contributed by atoms with Crippen LogP contribution in [-0.4, -0.2) is 60.0 Å². The number of fused-ring (bicyclic) bond motifs is 1. The van der Waals surface area contributed by atoms with Crippen LogP contribution in [0.5, 0.6) is 0 Å². The van der Waals surface area contributed by atoms with Gasteiger partial charge in [-0.15, -0.1) is 0 Å². The van der Waals surface area contributed by atoms with E-state index < -0.39 is 0 Å². The summed E-state index contributed by atoms with van der Waals surface area (Å²) >= 11 is 6.11. The molecule has 2 heterocycles. The zero-order valence-electron chi connectivity index (χ0n) is 13.0. The Bertz CT molecular complexity index is 667. The first-order valence-electron chi connectivity index (χ1n) is 7.92. The number of hydrogen-bond donors (Lipinski definition) is 1. The van der Waals surface area contributed by atoms with Gasteiger partial charge in [0.25, 0.3) is 0 Å². The van der Waals surface area contributed by atoms with E-state index in [0.717, 1.165) is 43.8 Å². The lowest BCUT2D eigenvalue weighted by Crippen LogP contribution is -2.41. The van der Waals surface area contributed by atoms with Crippen LogP contribution >= 0.6 is 11.6 Å². The second-order valence-corrected chi connectivity index (χ2v) is 5.94. The van der Waals surface area contributed by atoms with E-state index in [1.807, 2.05) is 24.3 Å². The van der Waals surface area contributed by atoms with Crippen LogP contribution in [0.1, 0.15) is 6.42 Å². The Balaban J connectivity index is 1.45. The fourth-order valence-corrected chi connectivity index (χ4v) is 2.98. The number of para-hydroxylation sites is 1. The summed E-state index contributed by atoms with van der Waals surface area (Å²) in [6, 6.07) is 7.77. The molecule has 124 valence electrons. The van der Waals surface area contributed by atoms with Crippen molar-refractivity contribution in [3.63, 3.8) is 0 Å². The van der Waals surface area contributed by atoms with E-state index in [1.165, 1.54) is 0 Å². The molecule has 0 bridgehead atoms. The van der Waals surface area contributed by atoms with Gasteiger partial charge in [0.2, 0.25) is 5.91 Å². The Morgan fingerprint density at radius 1 is 1.26 bits per heavy atom. The van der Waals surface area contributed by atoms with E-state index in [4.69, 9.17) is 16.3 Å². The molecular formula is C16H21ClN4O2. The molecule has 1 saturated heterocycles. The molecule has 0 unspecified atom stereocenters. The molecule has 1 amide bonds. The molecule has 0 atom stereocenters. The van der Waals surface area contributed by atoms with Crippen molar-refractivity contribution in [2.45, 2.75) is 13.0 Å². The van der Waals surface area contributed by atoms with Crippen molar-refractivity contribution >= 4 is 28.4 Å². The van der Waals surface area contributed by atoms with Crippen LogP contribution in [0.2, 0.25) is 5.15 Å². The summed E-state index contributed by atoms with van der Waals surface area (Å²) in [7, 11) is 0. The van der Waals surface area contributed by atoms with Crippen molar-refractivity contribution < 1.29 is 9.53 Å². The van der Waals surface area contributed by atoms with Gasteiger partial charge in [-0.05, 0) is 12.1 Å². The van der Waals surface area contributed by atoms with Crippen molar-refractivity contribution in [1.82, 2.24) is 20.0 Å². The van der Waals surface area contributed by atoms with Crippen LogP contribution in [0.25, 0.3) is 10.9 Å². The molecule has 1 aliphatic rings. The lowest BCUT2D eigenvalue weighted by atomic mass is 10.2. The number of nitrogens with one attached hydrogen (secondary N) is 1. The number of aromatic nitrogens is 2. The summed E-state index contributed by atoms with van der Waals surface area (Å²) in [5.74, 6) is 0.0361. The van der Waals surface area contributed by atoms with Crippen molar-refractivity contribution in [3.8, 4) is 0 Å². The van der Waals surface area contributed by atoms with Crippen LogP contribution in [0, 0.1) is 0 Å². The van der Waals surface area contributed by atoms with Gasteiger partial charge in [-0.2, -0.15) is 5.10 Å². The Morgan fingerprint density at radius 3 is 2.87 bits per heavy atom. The molecule has 1 aromatic heterocycles. The summed E-state index contributed by atoms with van der Waals surface area (Å²) in [5.41, 5.74) is 0.957. The summed E-state index contributed by atoms with van der Waals surface area (Å²) in [6.45, 7) is 5.49. The number of hydrogen-bond acceptors (Lipinski definition) is 4. The van der Waals surface area contributed by atoms with Gasteiger partial charge >= 0.3 is 0 Å². The van der Waals surface area contributed by atoms with Crippen LogP contribution in [0.4, 0.5) is 0 Å². The van der Waals surface area contributed by atoms with E-state index in [2.05, 4.69) is 15.3 Å². The Hall–Kier alpha value is -1.63. The molecule has 1 fully saturated rings. The number of nitrogens with zero attached hydrogens (tertiary/aromatic N) is 3. The number of rotatable bonds is 6. The van der Waals surface area contributed by atoms with Gasteiger partial charge in [-0.3, -0.25) is 14.4 Å². The first kappa shape index (κ1) is 16.2. The topological polar surface area (TPSA) is 59.4 Å². The zero-order valence-corrected chi connectivity index (χ0v) is 13.8. The minimum absolute atomic E-state index is 0.0361. The van der Waals surface area contributed by atoms with Gasteiger partial charge in [0.05, 0.1) is 25.3 Å². The normalized spacial score (nSPS) is 15.9. The van der Waals surface area contributed by atoms with E-state index in [1.54, 1.807) is 4.68 Å². The molecule has 0 spiro atoms. The SMILES string of the molecule is O=C(CCn1nc(Cl)c2ccccc21)NCCN1CCOCC1. The maximum atomic E-state index is 12.0. The Labute approximate surface area is 140 Å². The fraction of sp³-hybridized carbons (Fsp3) is 0.500. The number of morpholine rings is 1. The van der Waals surface area contributed by atoms with Gasteiger partial charge < -0.3 is 10.1 Å². The number of carbonyl (C=O) groups is 1. The zero-order chi connectivity index (χ0) is 16.1. The molecule has 6 nitrogen and oxygen atoms in total. The van der Waals surface area contributed by atoms with Gasteiger partial charge in [-0.1, -0.05) is 23.7 Å². The third-order valence-electron chi connectivity index (χ3n) is 4.02. The van der Waals surface area contributed by atoms with Gasteiger partial charge in [0, 0.05) is 38.0 Å². The second-order valence-electron chi connectivity index (χ2n) is 5.59. The number of amides is 1. The standard InChI is InChI=1S/C16H21ClN4O2/c17-16-13-3-1-2-4-14(13)21(19-16)7-5-15(22)18-6-8-20-9-11-23-12-10-20/h1-4H,5-12H2,(H,18,22). The summed E-state index contributed by atoms with van der Waals surface area (Å²) < 4.78 is 7.09. The minimum atomic E-state index is 0.0361. The van der Waals surface area contributed by atoms with Crippen LogP contribution in [0.3, 0.4) is 0 Å². The molecule has 2 aromatic rings. The number of carbonyl (C=O) groups excluding carboxylic acids is 1. The summed E-state index contributed by atoms with van der Waals surface area (Å²) in [5, 5.41) is 8.65. The van der Waals surface area contributed by atoms with Gasteiger partial charge in [-0.25, -0.2) is 0 Å². The van der Waals surface area contributed by atoms with Crippen molar-refractivity contribution in [1.29, 1.82) is 0 Å². The Kier molecular flexibility index (Phi) is 5.48. The monoisotopic (exact) mass is 336 g/mol. The highest BCUT2D eigenvalue weighted by molar-refractivity contribution is 6.34. The highest BCUT2D eigenvalue weighted by Gasteiger charge is 2.11. The third-order valence-corrected chi connectivity index (χ3v) is 4.30. The van der Waals surface area contributed by atoms with Crippen molar-refractivity contribution in [2.75, 3.05) is 39.4 Å². The van der Waals surface area contributed by atoms with Crippen LogP contribution in [-0.2, 0) is 16.1 Å². The lowest BCUT2D eigenvalue weighted by molar-refractivity contribution is -0.121. The molecule has 7 heteroatoms. The molecular weight excluding hydrogens is 316 g/mol. The van der Waals surface area contributed by atoms with E-state index in [0.29, 0.717) is 24.7 Å². The summed E-state index contributed by atoms with van der Waals surface area (Å²) in [6.07, 6.45) is 0.394. The molecule has 0 saturated carbocycles. The lowest BCUT2D eigenvalue weighted by Gasteiger charge is -2.26. The average molecular weight is 337 g/mol. The predicted octanol–water partition coefficient (Wildman–Crippen LogP) is 1.53. The second kappa shape index (κ2) is 7.77. The fourth-order valence-electron chi connectivity index (χ4n) is 2.73. The number of ether oxygens (including phenoxy) is 1. The smallest absolute Gasteiger partial charge is 0.221 e. The maximum Gasteiger partial charge on any atom is 0.221 e. The molecule has 1 N–H and O–H groups in total. The minimum Gasteiger partial charge on any atom is -0.379 e. The van der Waals surface area contributed by atoms with E-state index >= 15 is 0 Å². The number of halogens is 1. The highest BCUT2D eigenvalue weighted by Crippen LogP contribution is 2.22. The average Bonchev–Trinajstić information content (AvgIpc) is 2.91. The molecule has 0 aliphatic carbocycles. The molecule has 0 radical (unpaired) electrons. The van der Waals surface area contributed by atoms with E-state index in [9.17, 15) is 4.79 Å². The maximum absolute atomic E-state index is 12.0. The predicted molar refractivity (Wildman–Crippen MR) is 89.6 cm³/mol. The quantitative estimate of drug-likeness (QED) is 0.869. The van der Waals surface area contributed by atoms with Gasteiger partial charge in [0.15, 0.2) is 5.15 Å². The summed E-state index contributed by atoms with van der Waals surface area (Å²) in [4.78, 5) is 14.3. The highest BCUT2D eigenvalue weighted by atomic mass is 35.5. The molecule has 1 aromatic carbocycles. The van der Waals surface area contributed by atoms with Crippen LogP contribution in [0.15, 0.2) is 24.3 Å². The van der Waals surface area contributed by atoms with E-state index in [-0.39, 0.29) is 5.91 Å². The van der Waals surface area contributed by atoms with Crippen molar-refractivity contribution in [2.24, 2.45) is 0 Å². The Morgan fingerprint density at radius 2 is 2.04 bits per heavy atom. The molecule has 1 aliphatic heterocycles. The first-order valence-corrected chi connectivity index (χ1v) is 8.30. The molecule has 3 rings (SSSR count).